The van der Waals surface area contributed by atoms with Gasteiger partial charge >= 0.3 is 0 Å². The summed E-state index contributed by atoms with van der Waals surface area (Å²) in [5, 5.41) is 9.53. The molecule has 0 fully saturated rings. The van der Waals surface area contributed by atoms with E-state index in [1.54, 1.807) is 18.2 Å². The van der Waals surface area contributed by atoms with E-state index in [1.807, 2.05) is 0 Å². The number of allylic oxidation sites excluding steroid dienone is 2. The molecule has 2 rings (SSSR count). The number of para-hydroxylation sites is 1. The average Bonchev–Trinajstić information content (AvgIpc) is 2.89. The lowest BCUT2D eigenvalue weighted by atomic mass is 9.94. The van der Waals surface area contributed by atoms with Crippen LogP contribution in [0.25, 0.3) is 0 Å². The molecule has 0 saturated carbocycles. The molecule has 0 aliphatic heterocycles. The number of aliphatic imine (C=N–C) groups is 1. The molecule has 0 atom stereocenters. The highest BCUT2D eigenvalue weighted by Gasteiger charge is 2.04. The third kappa shape index (κ3) is 15.5. The summed E-state index contributed by atoms with van der Waals surface area (Å²) in [5.41, 5.74) is 4.91. The van der Waals surface area contributed by atoms with Crippen LogP contribution in [0.5, 0.6) is 5.75 Å². The number of unbranched alkanes of at least 4 members (excludes halogenated alkanes) is 8. The Morgan fingerprint density at radius 2 is 1.37 bits per heavy atom. The quantitative estimate of drug-likeness (QED) is 0.0917. The topological polar surface area (TPSA) is 117 Å². The van der Waals surface area contributed by atoms with Crippen LogP contribution in [0.2, 0.25) is 0 Å². The molecule has 0 amide bonds. The number of quaternary nitrogens is 1. The van der Waals surface area contributed by atoms with Crippen molar-refractivity contribution >= 4 is 22.0 Å². The molecule has 6 nitrogen and oxygen atoms in total. The van der Waals surface area contributed by atoms with Gasteiger partial charge in [0.1, 0.15) is 15.9 Å². The van der Waals surface area contributed by atoms with Gasteiger partial charge in [0, 0.05) is 11.8 Å². The molecular weight excluding hydrogens is 496 g/mol. The average molecular weight is 543 g/mol. The molecule has 0 unspecified atom stereocenters. The van der Waals surface area contributed by atoms with Gasteiger partial charge in [-0.2, -0.15) is 0 Å². The molecule has 4 N–H and O–H groups in total. The van der Waals surface area contributed by atoms with Crippen LogP contribution in [0.15, 0.2) is 83.7 Å². The summed E-state index contributed by atoms with van der Waals surface area (Å²) in [6.45, 7) is 8.80. The standard InChI is InChI=1S/C18H35N.C13H11NO4S/c1-3-14-18(15-4-2)16-12-10-8-6-5-7-9-11-13-17-19;15-13-4-2-1-3-10(13)9-14-11-5-7-12(8-6-11)19(16,17)18/h3-4,18H,1-2,5-17,19H2;1-9,15H,(H,16,17,18). The van der Waals surface area contributed by atoms with Gasteiger partial charge in [0.25, 0.3) is 0 Å². The molecule has 2 aromatic carbocycles. The van der Waals surface area contributed by atoms with Gasteiger partial charge in [-0.25, -0.2) is 8.42 Å². The van der Waals surface area contributed by atoms with E-state index in [2.05, 4.69) is 36.0 Å². The van der Waals surface area contributed by atoms with Crippen molar-refractivity contribution < 1.29 is 23.8 Å². The summed E-state index contributed by atoms with van der Waals surface area (Å²) in [5.74, 6) is 0.891. The minimum Gasteiger partial charge on any atom is -0.744 e. The number of hydrogen-bond acceptors (Lipinski definition) is 5. The molecule has 0 aliphatic rings. The van der Waals surface area contributed by atoms with Gasteiger partial charge in [0.15, 0.2) is 0 Å². The Kier molecular flexibility index (Phi) is 17.7. The molecule has 38 heavy (non-hydrogen) atoms. The van der Waals surface area contributed by atoms with Gasteiger partial charge in [0.2, 0.25) is 0 Å². The fraction of sp³-hybridized carbons (Fsp3) is 0.452. The normalized spacial score (nSPS) is 11.3. The highest BCUT2D eigenvalue weighted by atomic mass is 32.2. The number of rotatable bonds is 18. The second-order valence-electron chi connectivity index (χ2n) is 9.50. The second-order valence-corrected chi connectivity index (χ2v) is 10.9. The van der Waals surface area contributed by atoms with E-state index in [0.717, 1.165) is 25.3 Å². The molecule has 0 spiro atoms. The van der Waals surface area contributed by atoms with Gasteiger partial charge < -0.3 is 15.4 Å². The van der Waals surface area contributed by atoms with Crippen molar-refractivity contribution in [2.75, 3.05) is 6.54 Å². The number of phenolic OH excluding ortho intramolecular Hbond substituents is 1. The zero-order chi connectivity index (χ0) is 28.1. The number of benzene rings is 2. The minimum absolute atomic E-state index is 0.102. The molecule has 0 heterocycles. The first-order valence-electron chi connectivity index (χ1n) is 13.7. The highest BCUT2D eigenvalue weighted by molar-refractivity contribution is 7.85. The van der Waals surface area contributed by atoms with Gasteiger partial charge in [-0.3, -0.25) is 4.99 Å². The third-order valence-corrected chi connectivity index (χ3v) is 7.13. The predicted molar refractivity (Wildman–Crippen MR) is 157 cm³/mol. The summed E-state index contributed by atoms with van der Waals surface area (Å²) < 4.78 is 32.2. The van der Waals surface area contributed by atoms with Crippen molar-refractivity contribution in [1.29, 1.82) is 0 Å². The number of nitrogens with zero attached hydrogens (tertiary/aromatic N) is 1. The smallest absolute Gasteiger partial charge is 0.124 e. The van der Waals surface area contributed by atoms with E-state index in [4.69, 9.17) is 0 Å². The van der Waals surface area contributed by atoms with Crippen LogP contribution in [0.1, 0.15) is 82.6 Å². The summed E-state index contributed by atoms with van der Waals surface area (Å²) in [4.78, 5) is 3.78. The van der Waals surface area contributed by atoms with Crippen molar-refractivity contribution in [3.63, 3.8) is 0 Å². The van der Waals surface area contributed by atoms with E-state index in [-0.39, 0.29) is 10.6 Å². The van der Waals surface area contributed by atoms with E-state index >= 15 is 0 Å². The predicted octanol–water partition coefficient (Wildman–Crippen LogP) is 6.94. The molecule has 2 aromatic rings. The molecule has 0 saturated heterocycles. The lowest BCUT2D eigenvalue weighted by molar-refractivity contribution is -0.368. The number of hydrogen-bond donors (Lipinski definition) is 2. The Balaban J connectivity index is 0.000000380. The molecule has 0 bridgehead atoms. The van der Waals surface area contributed by atoms with Crippen molar-refractivity contribution in [3.05, 3.63) is 79.4 Å². The molecule has 0 aliphatic carbocycles. The van der Waals surface area contributed by atoms with Crippen LogP contribution in [0.4, 0.5) is 5.69 Å². The van der Waals surface area contributed by atoms with Gasteiger partial charge in [-0.05, 0) is 74.4 Å². The fourth-order valence-electron chi connectivity index (χ4n) is 4.09. The first-order chi connectivity index (χ1) is 18.3. The Hall–Kier alpha value is -2.74. The van der Waals surface area contributed by atoms with Crippen molar-refractivity contribution in [2.24, 2.45) is 10.9 Å². The maximum Gasteiger partial charge on any atom is 0.124 e. The Bertz CT molecular complexity index is 1040. The summed E-state index contributed by atoms with van der Waals surface area (Å²) in [6.07, 6.45) is 21.8. The Morgan fingerprint density at radius 1 is 0.842 bits per heavy atom. The van der Waals surface area contributed by atoms with E-state index in [0.29, 0.717) is 11.3 Å². The molecule has 7 heteroatoms. The Labute approximate surface area is 230 Å². The lowest BCUT2D eigenvalue weighted by Crippen LogP contribution is -2.50. The van der Waals surface area contributed by atoms with Crippen LogP contribution in [0.3, 0.4) is 0 Å². The van der Waals surface area contributed by atoms with Crippen molar-refractivity contribution in [3.8, 4) is 5.75 Å². The minimum atomic E-state index is -4.44. The first kappa shape index (κ1) is 33.3. The molecule has 210 valence electrons. The zero-order valence-corrected chi connectivity index (χ0v) is 23.6. The van der Waals surface area contributed by atoms with Crippen LogP contribution < -0.4 is 5.73 Å². The lowest BCUT2D eigenvalue weighted by Gasteiger charge is -2.12. The van der Waals surface area contributed by atoms with Crippen LogP contribution in [0, 0.1) is 5.92 Å². The number of aromatic hydroxyl groups is 1. The summed E-state index contributed by atoms with van der Waals surface area (Å²) in [7, 11) is -4.44. The second kappa shape index (κ2) is 20.3. The van der Waals surface area contributed by atoms with E-state index in [9.17, 15) is 18.1 Å². The van der Waals surface area contributed by atoms with Crippen molar-refractivity contribution in [2.45, 2.75) is 81.9 Å². The Morgan fingerprint density at radius 3 is 1.87 bits per heavy atom. The van der Waals surface area contributed by atoms with Crippen molar-refractivity contribution in [1.82, 2.24) is 0 Å². The fourth-order valence-corrected chi connectivity index (χ4v) is 4.56. The van der Waals surface area contributed by atoms with Crippen LogP contribution in [-0.4, -0.2) is 30.8 Å². The van der Waals surface area contributed by atoms with Gasteiger partial charge in [-0.15, -0.1) is 13.2 Å². The molecular formula is C31H46N2O4S. The number of phenols is 1. The van der Waals surface area contributed by atoms with Crippen LogP contribution in [-0.2, 0) is 10.1 Å². The van der Waals surface area contributed by atoms with Gasteiger partial charge in [0.05, 0.1) is 17.1 Å². The molecule has 0 aromatic heterocycles. The monoisotopic (exact) mass is 542 g/mol. The van der Waals surface area contributed by atoms with Gasteiger partial charge in [-0.1, -0.05) is 69.2 Å². The van der Waals surface area contributed by atoms with Crippen LogP contribution >= 0.6 is 0 Å². The maximum absolute atomic E-state index is 10.7. The maximum atomic E-state index is 10.7. The zero-order valence-electron chi connectivity index (χ0n) is 22.8. The first-order valence-corrected chi connectivity index (χ1v) is 15.1. The summed E-state index contributed by atoms with van der Waals surface area (Å²) in [6, 6.07) is 11.9. The van der Waals surface area contributed by atoms with E-state index < -0.39 is 10.1 Å². The largest absolute Gasteiger partial charge is 0.744 e. The van der Waals surface area contributed by atoms with E-state index in [1.165, 1.54) is 101 Å². The summed E-state index contributed by atoms with van der Waals surface area (Å²) >= 11 is 0. The third-order valence-electron chi connectivity index (χ3n) is 6.28. The molecule has 0 radical (unpaired) electrons. The highest BCUT2D eigenvalue weighted by Crippen LogP contribution is 2.20. The SMILES string of the molecule is C=CCC(CC=C)CCCCCCCCCCC[NH3+].O=S(=O)([O-])c1ccc(N=Cc2ccccc2O)cc1.